The van der Waals surface area contributed by atoms with Crippen molar-refractivity contribution < 1.29 is 9.59 Å². The number of carbonyl (C=O) groups excluding carboxylic acids is 2. The van der Waals surface area contributed by atoms with Gasteiger partial charge in [0.05, 0.1) is 0 Å². The summed E-state index contributed by atoms with van der Waals surface area (Å²) in [5.41, 5.74) is 2.76. The van der Waals surface area contributed by atoms with E-state index in [1.807, 2.05) is 61.1 Å². The zero-order valence-electron chi connectivity index (χ0n) is 17.6. The molecular weight excluding hydrogens is 378 g/mol. The Morgan fingerprint density at radius 3 is 2.60 bits per heavy atom. The molecule has 2 aromatic heterocycles. The molecule has 7 nitrogen and oxygen atoms in total. The van der Waals surface area contributed by atoms with Gasteiger partial charge >= 0.3 is 0 Å². The Morgan fingerprint density at radius 1 is 1.10 bits per heavy atom. The van der Waals surface area contributed by atoms with Crippen LogP contribution >= 0.6 is 0 Å². The van der Waals surface area contributed by atoms with Gasteiger partial charge in [-0.05, 0) is 55.7 Å². The molecule has 0 spiro atoms. The molecule has 2 N–H and O–H groups in total. The highest BCUT2D eigenvalue weighted by Crippen LogP contribution is 2.24. The highest BCUT2D eigenvalue weighted by atomic mass is 16.2. The molecule has 1 fully saturated rings. The normalized spacial score (nSPS) is 14.7. The number of nitrogens with one attached hydrogen (secondary N) is 2. The molecule has 1 aromatic carbocycles. The van der Waals surface area contributed by atoms with E-state index in [2.05, 4.69) is 15.5 Å². The van der Waals surface area contributed by atoms with E-state index in [4.69, 9.17) is 4.98 Å². The van der Waals surface area contributed by atoms with Gasteiger partial charge in [0.1, 0.15) is 11.6 Å². The van der Waals surface area contributed by atoms with Crippen LogP contribution < -0.4 is 15.5 Å². The summed E-state index contributed by atoms with van der Waals surface area (Å²) in [5.74, 6) is 1.26. The Kier molecular flexibility index (Phi) is 5.44. The SMILES string of the molecule is CC(=O)NC1CCN(c2nc(NC(=O)c3ccc4c(ccn4C)c3)ccc2C)CC1. The molecule has 0 aliphatic carbocycles. The van der Waals surface area contributed by atoms with Crippen molar-refractivity contribution in [3.8, 4) is 0 Å². The summed E-state index contributed by atoms with van der Waals surface area (Å²) < 4.78 is 2.03. The molecule has 7 heteroatoms. The molecule has 0 bridgehead atoms. The van der Waals surface area contributed by atoms with Gasteiger partial charge in [-0.3, -0.25) is 9.59 Å². The monoisotopic (exact) mass is 405 g/mol. The van der Waals surface area contributed by atoms with Gasteiger partial charge < -0.3 is 20.1 Å². The van der Waals surface area contributed by atoms with E-state index in [1.54, 1.807) is 6.92 Å². The number of aromatic nitrogens is 2. The maximum Gasteiger partial charge on any atom is 0.256 e. The fourth-order valence-corrected chi connectivity index (χ4v) is 4.04. The van der Waals surface area contributed by atoms with Crippen molar-refractivity contribution in [3.63, 3.8) is 0 Å². The Hall–Kier alpha value is -3.35. The molecule has 1 saturated heterocycles. The first-order chi connectivity index (χ1) is 14.4. The molecule has 0 unspecified atom stereocenters. The van der Waals surface area contributed by atoms with Gasteiger partial charge in [-0.25, -0.2) is 4.98 Å². The van der Waals surface area contributed by atoms with Gasteiger partial charge in [-0.1, -0.05) is 6.07 Å². The number of carbonyl (C=O) groups is 2. The Balaban J connectivity index is 1.47. The molecule has 4 rings (SSSR count). The number of nitrogens with zero attached hydrogens (tertiary/aromatic N) is 3. The third kappa shape index (κ3) is 4.15. The summed E-state index contributed by atoms with van der Waals surface area (Å²) in [4.78, 5) is 31.0. The van der Waals surface area contributed by atoms with Gasteiger partial charge in [0, 0.05) is 55.8 Å². The minimum absolute atomic E-state index is 0.0150. The average Bonchev–Trinajstić information content (AvgIpc) is 3.10. The fraction of sp³-hybridized carbons (Fsp3) is 0.348. The van der Waals surface area contributed by atoms with Crippen molar-refractivity contribution >= 4 is 34.4 Å². The topological polar surface area (TPSA) is 79.3 Å². The number of aryl methyl sites for hydroxylation is 2. The molecule has 0 radical (unpaired) electrons. The number of anilines is 2. The minimum Gasteiger partial charge on any atom is -0.356 e. The highest BCUT2D eigenvalue weighted by Gasteiger charge is 2.22. The number of piperidine rings is 1. The molecule has 0 saturated carbocycles. The molecule has 3 aromatic rings. The predicted molar refractivity (Wildman–Crippen MR) is 119 cm³/mol. The lowest BCUT2D eigenvalue weighted by Crippen LogP contribution is -2.44. The van der Waals surface area contributed by atoms with E-state index >= 15 is 0 Å². The van der Waals surface area contributed by atoms with Crippen LogP contribution in [0.15, 0.2) is 42.6 Å². The van der Waals surface area contributed by atoms with Crippen LogP contribution in [0.5, 0.6) is 0 Å². The van der Waals surface area contributed by atoms with Crippen molar-refractivity contribution in [2.45, 2.75) is 32.7 Å². The Morgan fingerprint density at radius 2 is 1.87 bits per heavy atom. The van der Waals surface area contributed by atoms with Crippen molar-refractivity contribution in [2.75, 3.05) is 23.3 Å². The summed E-state index contributed by atoms with van der Waals surface area (Å²) >= 11 is 0. The van der Waals surface area contributed by atoms with Crippen molar-refractivity contribution in [2.24, 2.45) is 7.05 Å². The quantitative estimate of drug-likeness (QED) is 0.698. The Labute approximate surface area is 176 Å². The van der Waals surface area contributed by atoms with E-state index in [0.717, 1.165) is 48.2 Å². The van der Waals surface area contributed by atoms with Gasteiger partial charge in [-0.2, -0.15) is 0 Å². The van der Waals surface area contributed by atoms with Crippen LogP contribution in [-0.4, -0.2) is 40.5 Å². The molecule has 1 aliphatic rings. The summed E-state index contributed by atoms with van der Waals surface area (Å²) in [7, 11) is 1.98. The molecule has 2 amide bonds. The second-order valence-electron chi connectivity index (χ2n) is 7.95. The number of hydrogen-bond donors (Lipinski definition) is 2. The zero-order valence-corrected chi connectivity index (χ0v) is 17.6. The first-order valence-corrected chi connectivity index (χ1v) is 10.3. The van der Waals surface area contributed by atoms with E-state index in [1.165, 1.54) is 0 Å². The molecule has 30 heavy (non-hydrogen) atoms. The molecule has 0 atom stereocenters. The maximum absolute atomic E-state index is 12.8. The van der Waals surface area contributed by atoms with E-state index in [-0.39, 0.29) is 17.9 Å². The van der Waals surface area contributed by atoms with Gasteiger partial charge in [-0.15, -0.1) is 0 Å². The van der Waals surface area contributed by atoms with Gasteiger partial charge in [0.25, 0.3) is 5.91 Å². The summed E-state index contributed by atoms with van der Waals surface area (Å²) in [6.45, 7) is 5.22. The predicted octanol–water partition coefficient (Wildman–Crippen LogP) is 3.24. The van der Waals surface area contributed by atoms with Crippen molar-refractivity contribution in [3.05, 3.63) is 53.7 Å². The fourth-order valence-electron chi connectivity index (χ4n) is 4.04. The number of fused-ring (bicyclic) bond motifs is 1. The smallest absolute Gasteiger partial charge is 0.256 e. The van der Waals surface area contributed by atoms with E-state index in [9.17, 15) is 9.59 Å². The summed E-state index contributed by atoms with van der Waals surface area (Å²) in [6.07, 6.45) is 3.75. The van der Waals surface area contributed by atoms with Crippen LogP contribution in [0, 0.1) is 6.92 Å². The first-order valence-electron chi connectivity index (χ1n) is 10.3. The number of benzene rings is 1. The second-order valence-corrected chi connectivity index (χ2v) is 7.95. The van der Waals surface area contributed by atoms with Crippen LogP contribution in [0.4, 0.5) is 11.6 Å². The lowest BCUT2D eigenvalue weighted by atomic mass is 10.0. The van der Waals surface area contributed by atoms with Crippen LogP contribution in [0.1, 0.15) is 35.7 Å². The average molecular weight is 406 g/mol. The second kappa shape index (κ2) is 8.18. The third-order valence-corrected chi connectivity index (χ3v) is 5.66. The zero-order chi connectivity index (χ0) is 21.3. The number of amides is 2. The van der Waals surface area contributed by atoms with Crippen molar-refractivity contribution in [1.82, 2.24) is 14.9 Å². The largest absolute Gasteiger partial charge is 0.356 e. The third-order valence-electron chi connectivity index (χ3n) is 5.66. The van der Waals surface area contributed by atoms with Gasteiger partial charge in [0.15, 0.2) is 0 Å². The molecule has 1 aliphatic heterocycles. The maximum atomic E-state index is 12.8. The van der Waals surface area contributed by atoms with Crippen molar-refractivity contribution in [1.29, 1.82) is 0 Å². The van der Waals surface area contributed by atoms with Gasteiger partial charge in [0.2, 0.25) is 5.91 Å². The number of hydrogen-bond acceptors (Lipinski definition) is 4. The standard InChI is InChI=1S/C23H27N5O2/c1-15-4-7-21(25-22(15)28-12-9-19(10-13-28)24-16(2)29)26-23(30)18-5-6-20-17(14-18)8-11-27(20)3/h4-8,11,14,19H,9-10,12-13H2,1-3H3,(H,24,29)(H,25,26,30). The summed E-state index contributed by atoms with van der Waals surface area (Å²) in [6, 6.07) is 11.7. The van der Waals surface area contributed by atoms with E-state index < -0.39 is 0 Å². The van der Waals surface area contributed by atoms with Crippen LogP contribution in [0.25, 0.3) is 10.9 Å². The molecule has 3 heterocycles. The van der Waals surface area contributed by atoms with Crippen LogP contribution in [-0.2, 0) is 11.8 Å². The number of pyridine rings is 1. The highest BCUT2D eigenvalue weighted by molar-refractivity contribution is 6.06. The van der Waals surface area contributed by atoms with Crippen LogP contribution in [0.3, 0.4) is 0 Å². The Bertz CT molecular complexity index is 1100. The lowest BCUT2D eigenvalue weighted by Gasteiger charge is -2.34. The minimum atomic E-state index is -0.174. The molecular formula is C23H27N5O2. The number of rotatable bonds is 4. The lowest BCUT2D eigenvalue weighted by molar-refractivity contribution is -0.119. The van der Waals surface area contributed by atoms with E-state index in [0.29, 0.717) is 11.4 Å². The van der Waals surface area contributed by atoms with Crippen LogP contribution in [0.2, 0.25) is 0 Å². The summed E-state index contributed by atoms with van der Waals surface area (Å²) in [5, 5.41) is 6.96. The molecule has 156 valence electrons. The first kappa shape index (κ1) is 19.9.